The lowest BCUT2D eigenvalue weighted by molar-refractivity contribution is -0.385. The van der Waals surface area contributed by atoms with Crippen LogP contribution in [0.15, 0.2) is 75.0 Å². The molecule has 0 aliphatic carbocycles. The number of halogens is 1. The van der Waals surface area contributed by atoms with Gasteiger partial charge in [-0.15, -0.1) is 0 Å². The molecule has 0 unspecified atom stereocenters. The molecular weight excluding hydrogens is 474 g/mol. The fraction of sp³-hybridized carbons (Fsp3) is 0.0500. The first kappa shape index (κ1) is 21.5. The SMILES string of the molecule is Cc1ccc(S(=O)(=O)Nc2ccccc2N=Cc2cc([N+](=O)[O-])cc(Br)c2O)cc1. The summed E-state index contributed by atoms with van der Waals surface area (Å²) in [6.45, 7) is 1.86. The molecule has 0 bridgehead atoms. The van der Waals surface area contributed by atoms with Crippen LogP contribution in [0.1, 0.15) is 11.1 Å². The van der Waals surface area contributed by atoms with E-state index in [9.17, 15) is 23.6 Å². The van der Waals surface area contributed by atoms with Gasteiger partial charge in [0.25, 0.3) is 15.7 Å². The van der Waals surface area contributed by atoms with Gasteiger partial charge in [0.15, 0.2) is 0 Å². The summed E-state index contributed by atoms with van der Waals surface area (Å²) in [5, 5.41) is 21.2. The number of para-hydroxylation sites is 2. The number of nitrogens with zero attached hydrogens (tertiary/aromatic N) is 2. The van der Waals surface area contributed by atoms with Crippen molar-refractivity contribution >= 4 is 49.2 Å². The number of hydrogen-bond acceptors (Lipinski definition) is 6. The molecule has 0 atom stereocenters. The molecule has 0 aromatic heterocycles. The minimum atomic E-state index is -3.84. The van der Waals surface area contributed by atoms with Gasteiger partial charge >= 0.3 is 0 Å². The van der Waals surface area contributed by atoms with Gasteiger partial charge in [-0.25, -0.2) is 8.42 Å². The zero-order chi connectivity index (χ0) is 21.9. The number of aromatic hydroxyl groups is 1. The molecule has 0 saturated heterocycles. The van der Waals surface area contributed by atoms with E-state index in [0.29, 0.717) is 0 Å². The molecule has 154 valence electrons. The van der Waals surface area contributed by atoms with Crippen LogP contribution in [0, 0.1) is 17.0 Å². The Hall–Kier alpha value is -3.24. The first-order chi connectivity index (χ1) is 14.2. The van der Waals surface area contributed by atoms with Crippen molar-refractivity contribution in [3.8, 4) is 5.75 Å². The van der Waals surface area contributed by atoms with Crippen LogP contribution in [0.25, 0.3) is 0 Å². The van der Waals surface area contributed by atoms with Crippen molar-refractivity contribution in [2.75, 3.05) is 4.72 Å². The largest absolute Gasteiger partial charge is 0.506 e. The van der Waals surface area contributed by atoms with Crippen LogP contribution >= 0.6 is 15.9 Å². The second kappa shape index (κ2) is 8.64. The number of phenols is 1. The number of nitrogens with one attached hydrogen (secondary N) is 1. The van der Waals surface area contributed by atoms with Gasteiger partial charge in [0.1, 0.15) is 5.75 Å². The number of phenolic OH excluding ortho intramolecular Hbond substituents is 1. The molecule has 10 heteroatoms. The van der Waals surface area contributed by atoms with Crippen molar-refractivity contribution in [1.29, 1.82) is 0 Å². The van der Waals surface area contributed by atoms with Crippen molar-refractivity contribution in [3.63, 3.8) is 0 Å². The summed E-state index contributed by atoms with van der Waals surface area (Å²) in [5.74, 6) is -0.220. The Labute approximate surface area is 181 Å². The highest BCUT2D eigenvalue weighted by molar-refractivity contribution is 9.10. The molecule has 0 radical (unpaired) electrons. The molecule has 3 aromatic carbocycles. The average Bonchev–Trinajstić information content (AvgIpc) is 2.70. The Kier molecular flexibility index (Phi) is 6.18. The lowest BCUT2D eigenvalue weighted by atomic mass is 10.2. The van der Waals surface area contributed by atoms with Crippen LogP contribution in [0.5, 0.6) is 5.75 Å². The molecule has 2 N–H and O–H groups in total. The third-order valence-corrected chi connectivity index (χ3v) is 6.10. The van der Waals surface area contributed by atoms with Gasteiger partial charge in [0.2, 0.25) is 0 Å². The summed E-state index contributed by atoms with van der Waals surface area (Å²) in [4.78, 5) is 14.8. The quantitative estimate of drug-likeness (QED) is 0.289. The maximum absolute atomic E-state index is 12.7. The smallest absolute Gasteiger partial charge is 0.271 e. The van der Waals surface area contributed by atoms with E-state index in [4.69, 9.17) is 0 Å². The average molecular weight is 490 g/mol. The summed E-state index contributed by atoms with van der Waals surface area (Å²) in [6, 6.07) is 15.2. The molecule has 0 spiro atoms. The third kappa shape index (κ3) is 4.84. The monoisotopic (exact) mass is 489 g/mol. The predicted octanol–water partition coefficient (Wildman–Crippen LogP) is 4.92. The van der Waals surface area contributed by atoms with Gasteiger partial charge < -0.3 is 5.11 Å². The van der Waals surface area contributed by atoms with E-state index in [0.717, 1.165) is 5.56 Å². The van der Waals surface area contributed by atoms with Crippen molar-refractivity contribution in [1.82, 2.24) is 0 Å². The van der Waals surface area contributed by atoms with Crippen LogP contribution < -0.4 is 4.72 Å². The number of rotatable bonds is 6. The van der Waals surface area contributed by atoms with Crippen LogP contribution in [-0.2, 0) is 10.0 Å². The van der Waals surface area contributed by atoms with E-state index in [1.165, 1.54) is 30.5 Å². The van der Waals surface area contributed by atoms with E-state index >= 15 is 0 Å². The molecule has 0 amide bonds. The van der Waals surface area contributed by atoms with E-state index in [1.807, 2.05) is 6.92 Å². The third-order valence-electron chi connectivity index (χ3n) is 4.11. The van der Waals surface area contributed by atoms with Crippen molar-refractivity contribution in [2.45, 2.75) is 11.8 Å². The number of nitro groups is 1. The number of hydrogen-bond donors (Lipinski definition) is 2. The normalized spacial score (nSPS) is 11.5. The molecule has 0 aliphatic heterocycles. The summed E-state index contributed by atoms with van der Waals surface area (Å²) >= 11 is 3.07. The molecule has 0 saturated carbocycles. The molecule has 0 heterocycles. The summed E-state index contributed by atoms with van der Waals surface area (Å²) in [6.07, 6.45) is 1.23. The summed E-state index contributed by atoms with van der Waals surface area (Å²) in [5.41, 5.74) is 1.30. The molecule has 3 aromatic rings. The number of aryl methyl sites for hydroxylation is 1. The minimum absolute atomic E-state index is 0.104. The zero-order valence-electron chi connectivity index (χ0n) is 15.6. The van der Waals surface area contributed by atoms with E-state index in [-0.39, 0.29) is 37.7 Å². The van der Waals surface area contributed by atoms with E-state index in [1.54, 1.807) is 36.4 Å². The topological polar surface area (TPSA) is 122 Å². The standard InChI is InChI=1S/C20H16BrN3O5S/c1-13-6-8-16(9-7-13)30(28,29)23-19-5-3-2-4-18(19)22-12-14-10-15(24(26)27)11-17(21)20(14)25/h2-12,23,25H,1H3. The number of non-ortho nitro benzene ring substituents is 1. The number of sulfonamides is 1. The van der Waals surface area contributed by atoms with Gasteiger partial charge in [0, 0.05) is 23.9 Å². The van der Waals surface area contributed by atoms with Crippen molar-refractivity contribution in [3.05, 3.63) is 86.4 Å². The van der Waals surface area contributed by atoms with Gasteiger partial charge in [-0.05, 0) is 47.1 Å². The highest BCUT2D eigenvalue weighted by Gasteiger charge is 2.16. The first-order valence-electron chi connectivity index (χ1n) is 8.57. The second-order valence-corrected chi connectivity index (χ2v) is 8.85. The Morgan fingerprint density at radius 3 is 2.47 bits per heavy atom. The van der Waals surface area contributed by atoms with Crippen molar-refractivity contribution < 1.29 is 18.4 Å². The van der Waals surface area contributed by atoms with Gasteiger partial charge in [-0.3, -0.25) is 19.8 Å². The maximum atomic E-state index is 12.7. The second-order valence-electron chi connectivity index (χ2n) is 6.32. The zero-order valence-corrected chi connectivity index (χ0v) is 18.0. The molecule has 0 aliphatic rings. The molecule has 3 rings (SSSR count). The van der Waals surface area contributed by atoms with Crippen LogP contribution in [0.4, 0.5) is 17.1 Å². The van der Waals surface area contributed by atoms with Gasteiger partial charge in [-0.2, -0.15) is 0 Å². The summed E-state index contributed by atoms with van der Waals surface area (Å²) < 4.78 is 28.0. The minimum Gasteiger partial charge on any atom is -0.506 e. The van der Waals surface area contributed by atoms with E-state index in [2.05, 4.69) is 25.6 Å². The number of anilines is 1. The first-order valence-corrected chi connectivity index (χ1v) is 10.8. The van der Waals surface area contributed by atoms with Crippen LogP contribution in [0.3, 0.4) is 0 Å². The Morgan fingerprint density at radius 1 is 1.13 bits per heavy atom. The van der Waals surface area contributed by atoms with Gasteiger partial charge in [0.05, 0.1) is 25.7 Å². The number of benzene rings is 3. The highest BCUT2D eigenvalue weighted by atomic mass is 79.9. The maximum Gasteiger partial charge on any atom is 0.271 e. The number of nitro benzene ring substituents is 1. The van der Waals surface area contributed by atoms with Crippen molar-refractivity contribution in [2.24, 2.45) is 4.99 Å². The fourth-order valence-corrected chi connectivity index (χ4v) is 4.08. The summed E-state index contributed by atoms with van der Waals surface area (Å²) in [7, 11) is -3.84. The Morgan fingerprint density at radius 2 is 1.80 bits per heavy atom. The van der Waals surface area contributed by atoms with Crippen LogP contribution in [-0.4, -0.2) is 24.7 Å². The molecule has 30 heavy (non-hydrogen) atoms. The number of aliphatic imine (C=N–C) groups is 1. The van der Waals surface area contributed by atoms with Crippen LogP contribution in [0.2, 0.25) is 0 Å². The Bertz CT molecular complexity index is 1240. The molecule has 8 nitrogen and oxygen atoms in total. The highest BCUT2D eigenvalue weighted by Crippen LogP contribution is 2.33. The van der Waals surface area contributed by atoms with E-state index < -0.39 is 14.9 Å². The lowest BCUT2D eigenvalue weighted by Crippen LogP contribution is -2.13. The predicted molar refractivity (Wildman–Crippen MR) is 118 cm³/mol. The lowest BCUT2D eigenvalue weighted by Gasteiger charge is -2.10. The Balaban J connectivity index is 1.95. The molecule has 0 fully saturated rings. The van der Waals surface area contributed by atoms with Gasteiger partial charge in [-0.1, -0.05) is 29.8 Å². The fourth-order valence-electron chi connectivity index (χ4n) is 2.54. The molecular formula is C20H16BrN3O5S.